The van der Waals surface area contributed by atoms with Gasteiger partial charge in [-0.2, -0.15) is 0 Å². The van der Waals surface area contributed by atoms with E-state index in [9.17, 15) is 18.8 Å². The van der Waals surface area contributed by atoms with Gasteiger partial charge in [-0.25, -0.2) is 15.0 Å². The Morgan fingerprint density at radius 2 is 1.89 bits per heavy atom. The summed E-state index contributed by atoms with van der Waals surface area (Å²) in [5, 5.41) is 9.62. The molecule has 1 aliphatic rings. The molecule has 1 aromatic heterocycles. The Hall–Kier alpha value is -4.68. The number of fused-ring (bicyclic) bond motifs is 4. The third kappa shape index (κ3) is 7.26. The van der Waals surface area contributed by atoms with Crippen LogP contribution in [0.15, 0.2) is 66.1 Å². The van der Waals surface area contributed by atoms with Crippen LogP contribution in [-0.2, 0) is 9.59 Å². The summed E-state index contributed by atoms with van der Waals surface area (Å²) >= 11 is 5.90. The summed E-state index contributed by atoms with van der Waals surface area (Å²) in [6.45, 7) is 3.33. The number of allylic oxidation sites excluding steroid dienone is 1. The summed E-state index contributed by atoms with van der Waals surface area (Å²) in [6.07, 6.45) is 3.24. The molecule has 11 nitrogen and oxygen atoms in total. The van der Waals surface area contributed by atoms with Gasteiger partial charge in [0.2, 0.25) is 5.91 Å². The van der Waals surface area contributed by atoms with Gasteiger partial charge in [0.15, 0.2) is 5.82 Å². The Balaban J connectivity index is 1.67. The molecule has 2 bridgehead atoms. The summed E-state index contributed by atoms with van der Waals surface area (Å²) in [6, 6.07) is 12.4. The van der Waals surface area contributed by atoms with Crippen LogP contribution in [0.2, 0.25) is 5.02 Å². The molecule has 4 amide bonds. The van der Waals surface area contributed by atoms with Crippen molar-refractivity contribution in [2.45, 2.75) is 39.2 Å². The maximum absolute atomic E-state index is 14.6. The van der Waals surface area contributed by atoms with Gasteiger partial charge in [0, 0.05) is 37.5 Å². The fraction of sp³-hybridized carbons (Fsp3) is 0.290. The predicted molar refractivity (Wildman–Crippen MR) is 170 cm³/mol. The number of carbonyl (C=O) groups excluding carboxylic acids is 3. The molecule has 2 atom stereocenters. The highest BCUT2D eigenvalue weighted by Crippen LogP contribution is 2.34. The van der Waals surface area contributed by atoms with Crippen LogP contribution in [0.1, 0.15) is 44.8 Å². The van der Waals surface area contributed by atoms with E-state index < -0.39 is 17.8 Å². The lowest BCUT2D eigenvalue weighted by Gasteiger charge is -2.24. The number of rotatable bonds is 5. The van der Waals surface area contributed by atoms with Gasteiger partial charge in [-0.3, -0.25) is 19.6 Å². The van der Waals surface area contributed by atoms with E-state index in [0.29, 0.717) is 41.9 Å². The molecule has 2 aromatic carbocycles. The second-order valence-corrected chi connectivity index (χ2v) is 11.3. The molecule has 0 saturated carbocycles. The summed E-state index contributed by atoms with van der Waals surface area (Å²) < 4.78 is 14.6. The number of nitrogens with zero attached hydrogens (tertiary/aromatic N) is 3. The first kappa shape index (κ1) is 32.2. The topological polar surface area (TPSA) is 159 Å². The SMILES string of the molecule is C/C(=C(/N)C(=O)NC1CCCC(C)C(=O)Nc2cc(NC(=O)N(C)C)ccc2-c2ccnc1c2)N(N)c1cccc(Cl)c1F. The number of carbonyl (C=O) groups is 3. The van der Waals surface area contributed by atoms with Crippen molar-refractivity contribution in [3.05, 3.63) is 82.7 Å². The molecule has 232 valence electrons. The molecule has 2 unspecified atom stereocenters. The minimum absolute atomic E-state index is 0.0403. The van der Waals surface area contributed by atoms with E-state index >= 15 is 0 Å². The second kappa shape index (κ2) is 13.7. The summed E-state index contributed by atoms with van der Waals surface area (Å²) in [5.41, 5.74) is 9.16. The van der Waals surface area contributed by atoms with Gasteiger partial charge in [-0.05, 0) is 61.7 Å². The van der Waals surface area contributed by atoms with Crippen LogP contribution in [0.5, 0.6) is 0 Å². The molecule has 7 N–H and O–H groups in total. The fourth-order valence-electron chi connectivity index (χ4n) is 4.72. The number of nitrogens with two attached hydrogens (primary N) is 2. The lowest BCUT2D eigenvalue weighted by atomic mass is 9.95. The molecule has 13 heteroatoms. The quantitative estimate of drug-likeness (QED) is 0.150. The van der Waals surface area contributed by atoms with Crippen molar-refractivity contribution in [1.82, 2.24) is 15.2 Å². The third-order valence-corrected chi connectivity index (χ3v) is 7.75. The number of hydrazine groups is 1. The van der Waals surface area contributed by atoms with Crippen LogP contribution in [0, 0.1) is 11.7 Å². The number of pyridine rings is 1. The van der Waals surface area contributed by atoms with Gasteiger partial charge in [0.05, 0.1) is 33.8 Å². The largest absolute Gasteiger partial charge is 0.393 e. The average molecular weight is 623 g/mol. The van der Waals surface area contributed by atoms with Crippen molar-refractivity contribution in [3.8, 4) is 11.1 Å². The van der Waals surface area contributed by atoms with Crippen LogP contribution < -0.4 is 32.5 Å². The molecule has 0 aliphatic carbocycles. The first-order valence-corrected chi connectivity index (χ1v) is 14.4. The number of halogens is 2. The number of hydrogen-bond donors (Lipinski definition) is 5. The van der Waals surface area contributed by atoms with Crippen LogP contribution in [-0.4, -0.2) is 41.8 Å². The van der Waals surface area contributed by atoms with Gasteiger partial charge >= 0.3 is 6.03 Å². The van der Waals surface area contributed by atoms with Crippen molar-refractivity contribution < 1.29 is 18.8 Å². The molecule has 1 aliphatic heterocycles. The Morgan fingerprint density at radius 1 is 1.14 bits per heavy atom. The van der Waals surface area contributed by atoms with Gasteiger partial charge in [-0.15, -0.1) is 0 Å². The molecular formula is C31H36ClFN8O3. The van der Waals surface area contributed by atoms with Crippen molar-refractivity contribution in [1.29, 1.82) is 0 Å². The molecule has 44 heavy (non-hydrogen) atoms. The van der Waals surface area contributed by atoms with E-state index in [2.05, 4.69) is 20.9 Å². The van der Waals surface area contributed by atoms with E-state index in [4.69, 9.17) is 23.2 Å². The average Bonchev–Trinajstić information content (AvgIpc) is 3.00. The zero-order valence-electron chi connectivity index (χ0n) is 24.9. The summed E-state index contributed by atoms with van der Waals surface area (Å²) in [7, 11) is 3.27. The Morgan fingerprint density at radius 3 is 2.61 bits per heavy atom. The van der Waals surface area contributed by atoms with Crippen molar-refractivity contribution in [3.63, 3.8) is 0 Å². The monoisotopic (exact) mass is 622 g/mol. The van der Waals surface area contributed by atoms with Crippen LogP contribution >= 0.6 is 11.6 Å². The number of urea groups is 1. The number of aromatic nitrogens is 1. The van der Waals surface area contributed by atoms with Crippen LogP contribution in [0.4, 0.5) is 26.2 Å². The number of hydrogen-bond acceptors (Lipinski definition) is 7. The lowest BCUT2D eigenvalue weighted by Crippen LogP contribution is -2.38. The van der Waals surface area contributed by atoms with Crippen LogP contribution in [0.25, 0.3) is 11.1 Å². The van der Waals surface area contributed by atoms with Gasteiger partial charge in [-0.1, -0.05) is 37.1 Å². The Bertz CT molecular complexity index is 1610. The molecule has 3 aromatic rings. The van der Waals surface area contributed by atoms with E-state index in [-0.39, 0.29) is 40.0 Å². The van der Waals surface area contributed by atoms with E-state index in [1.807, 2.05) is 13.0 Å². The predicted octanol–water partition coefficient (Wildman–Crippen LogP) is 5.12. The maximum atomic E-state index is 14.6. The second-order valence-electron chi connectivity index (χ2n) is 10.8. The Kier molecular flexibility index (Phi) is 10.1. The zero-order valence-corrected chi connectivity index (χ0v) is 25.7. The molecule has 0 fully saturated rings. The highest BCUT2D eigenvalue weighted by molar-refractivity contribution is 6.31. The highest BCUT2D eigenvalue weighted by atomic mass is 35.5. The number of nitrogens with one attached hydrogen (secondary N) is 3. The molecular weight excluding hydrogens is 587 g/mol. The Labute approximate surface area is 260 Å². The zero-order chi connectivity index (χ0) is 32.1. The summed E-state index contributed by atoms with van der Waals surface area (Å²) in [5.74, 6) is 4.25. The van der Waals surface area contributed by atoms with Crippen molar-refractivity contribution >= 4 is 46.5 Å². The summed E-state index contributed by atoms with van der Waals surface area (Å²) in [4.78, 5) is 44.7. The normalized spacial score (nSPS) is 17.1. The maximum Gasteiger partial charge on any atom is 0.321 e. The van der Waals surface area contributed by atoms with Crippen LogP contribution in [0.3, 0.4) is 0 Å². The molecule has 0 spiro atoms. The number of amides is 4. The first-order valence-electron chi connectivity index (χ1n) is 14.0. The highest BCUT2D eigenvalue weighted by Gasteiger charge is 2.24. The third-order valence-electron chi connectivity index (χ3n) is 7.45. The standard InChI is InChI=1S/C31H36ClFN8O3/c1-17-7-5-9-23(38-30(43)28(34)18(2)41(35)26-10-6-8-22(32)27(26)33)25-15-19(13-14-36-25)21-12-11-20(37-31(44)40(3)4)16-24(21)39-29(17)42/h6,8,10-17,23H,5,7,9,34-35H2,1-4H3,(H,37,44)(H,38,43)(H,39,42)/b28-18-. The fourth-order valence-corrected chi connectivity index (χ4v) is 4.89. The number of anilines is 3. The lowest BCUT2D eigenvalue weighted by molar-refractivity contribution is -0.120. The molecule has 4 rings (SSSR count). The van der Waals surface area contributed by atoms with E-state index in [0.717, 1.165) is 10.6 Å². The van der Waals surface area contributed by atoms with Gasteiger partial charge in [0.25, 0.3) is 5.91 Å². The van der Waals surface area contributed by atoms with Gasteiger partial charge in [0.1, 0.15) is 5.70 Å². The number of benzene rings is 2. The van der Waals surface area contributed by atoms with E-state index in [1.54, 1.807) is 44.6 Å². The minimum atomic E-state index is -0.741. The first-order chi connectivity index (χ1) is 20.9. The molecule has 2 heterocycles. The minimum Gasteiger partial charge on any atom is -0.393 e. The molecule has 0 saturated heterocycles. The van der Waals surface area contributed by atoms with Gasteiger partial charge < -0.3 is 26.6 Å². The van der Waals surface area contributed by atoms with E-state index in [1.165, 1.54) is 30.0 Å². The smallest absolute Gasteiger partial charge is 0.321 e. The van der Waals surface area contributed by atoms with Crippen molar-refractivity contribution in [2.24, 2.45) is 17.5 Å². The van der Waals surface area contributed by atoms with Crippen molar-refractivity contribution in [2.75, 3.05) is 29.7 Å². The molecule has 0 radical (unpaired) electrons.